The van der Waals surface area contributed by atoms with Gasteiger partial charge in [-0.15, -0.1) is 0 Å². The van der Waals surface area contributed by atoms with Crippen LogP contribution in [0.5, 0.6) is 0 Å². The van der Waals surface area contributed by atoms with Gasteiger partial charge in [0.05, 0.1) is 0 Å². The molecule has 0 N–H and O–H groups in total. The van der Waals surface area contributed by atoms with Crippen molar-refractivity contribution in [3.05, 3.63) is 34.9 Å². The van der Waals surface area contributed by atoms with Gasteiger partial charge in [-0.1, -0.05) is 0 Å². The van der Waals surface area contributed by atoms with E-state index < -0.39 is 29.2 Å². The van der Waals surface area contributed by atoms with Crippen LogP contribution < -0.4 is 0 Å². The van der Waals surface area contributed by atoms with Crippen LogP contribution >= 0.6 is 0 Å². The van der Waals surface area contributed by atoms with E-state index in [2.05, 4.69) is 0 Å². The molecule has 144 valence electrons. The maximum Gasteiger partial charge on any atom is 0.410 e. The topological polar surface area (TPSA) is 49.9 Å². The minimum Gasteiger partial charge on any atom is -0.444 e. The average Bonchev–Trinajstić information content (AvgIpc) is 2.52. The molecule has 5 nitrogen and oxygen atoms in total. The molecule has 0 aliphatic carbocycles. The van der Waals surface area contributed by atoms with Crippen LogP contribution in [0.3, 0.4) is 0 Å². The zero-order valence-electron chi connectivity index (χ0n) is 15.9. The first-order chi connectivity index (χ1) is 12.0. The maximum atomic E-state index is 14.5. The fraction of sp³-hybridized carbons (Fsp3) is 0.579. The Morgan fingerprint density at radius 1 is 1.12 bits per heavy atom. The zero-order chi connectivity index (χ0) is 19.6. The van der Waals surface area contributed by atoms with Crippen LogP contribution in [0.1, 0.15) is 55.5 Å². The Labute approximate surface area is 152 Å². The van der Waals surface area contributed by atoms with Crippen molar-refractivity contribution in [2.24, 2.45) is 0 Å². The molecule has 1 heterocycles. The first-order valence-electron chi connectivity index (χ1n) is 8.68. The third-order valence-corrected chi connectivity index (χ3v) is 4.29. The van der Waals surface area contributed by atoms with Crippen molar-refractivity contribution in [2.45, 2.75) is 45.1 Å². The first-order valence-corrected chi connectivity index (χ1v) is 8.68. The van der Waals surface area contributed by atoms with Gasteiger partial charge in [0.1, 0.15) is 17.2 Å². The molecule has 0 radical (unpaired) electrons. The maximum absolute atomic E-state index is 14.5. The van der Waals surface area contributed by atoms with Gasteiger partial charge in [0.2, 0.25) is 0 Å². The summed E-state index contributed by atoms with van der Waals surface area (Å²) < 4.78 is 34.3. The fourth-order valence-corrected chi connectivity index (χ4v) is 3.03. The van der Waals surface area contributed by atoms with E-state index in [-0.39, 0.29) is 17.0 Å². The highest BCUT2D eigenvalue weighted by Gasteiger charge is 2.30. The summed E-state index contributed by atoms with van der Waals surface area (Å²) in [5, 5.41) is 0. The van der Waals surface area contributed by atoms with Crippen molar-refractivity contribution < 1.29 is 23.1 Å². The first kappa shape index (κ1) is 20.1. The van der Waals surface area contributed by atoms with Gasteiger partial charge in [0.25, 0.3) is 5.91 Å². The van der Waals surface area contributed by atoms with Crippen LogP contribution in [-0.2, 0) is 4.74 Å². The number of carbonyl (C=O) groups excluding carboxylic acids is 2. The van der Waals surface area contributed by atoms with Crippen molar-refractivity contribution in [1.82, 2.24) is 9.80 Å². The molecule has 0 saturated carbocycles. The number of hydrogen-bond donors (Lipinski definition) is 0. The normalized spacial score (nSPS) is 15.7. The molecule has 1 saturated heterocycles. The summed E-state index contributed by atoms with van der Waals surface area (Å²) in [5.74, 6) is -2.22. The van der Waals surface area contributed by atoms with Crippen molar-refractivity contribution in [3.8, 4) is 0 Å². The second kappa shape index (κ2) is 7.60. The van der Waals surface area contributed by atoms with E-state index in [9.17, 15) is 18.4 Å². The molecule has 26 heavy (non-hydrogen) atoms. The molecule has 0 unspecified atom stereocenters. The Hall–Kier alpha value is -2.18. The summed E-state index contributed by atoms with van der Waals surface area (Å²) in [6.07, 6.45) is 0.464. The van der Waals surface area contributed by atoms with Gasteiger partial charge in [0.15, 0.2) is 0 Å². The van der Waals surface area contributed by atoms with E-state index >= 15 is 0 Å². The van der Waals surface area contributed by atoms with E-state index in [0.717, 1.165) is 12.1 Å². The Morgan fingerprint density at radius 2 is 1.62 bits per heavy atom. The van der Waals surface area contributed by atoms with Crippen LogP contribution in [0.2, 0.25) is 0 Å². The lowest BCUT2D eigenvalue weighted by molar-refractivity contribution is 0.0203. The molecular formula is C19H26F2N2O3. The minimum absolute atomic E-state index is 0.0101. The summed E-state index contributed by atoms with van der Waals surface area (Å²) in [4.78, 5) is 26.8. The molecule has 0 spiro atoms. The molecular weight excluding hydrogens is 342 g/mol. The summed E-state index contributed by atoms with van der Waals surface area (Å²) >= 11 is 0. The molecule has 2 amide bonds. The van der Waals surface area contributed by atoms with Crippen LogP contribution in [0.25, 0.3) is 0 Å². The SMILES string of the molecule is CN(C)C(=O)c1cc(F)c(C2CCN(C(=O)OC(C)(C)C)CC2)c(F)c1. The van der Waals surface area contributed by atoms with Crippen molar-refractivity contribution in [2.75, 3.05) is 27.2 Å². The highest BCUT2D eigenvalue weighted by Crippen LogP contribution is 2.33. The predicted octanol–water partition coefficient (Wildman–Crippen LogP) is 3.78. The number of amides is 2. The number of nitrogens with zero attached hydrogens (tertiary/aromatic N) is 2. The largest absolute Gasteiger partial charge is 0.444 e. The number of benzene rings is 1. The van der Waals surface area contributed by atoms with Gasteiger partial charge in [0, 0.05) is 38.3 Å². The Balaban J connectivity index is 2.10. The molecule has 1 aliphatic heterocycles. The van der Waals surface area contributed by atoms with Gasteiger partial charge >= 0.3 is 6.09 Å². The molecule has 2 rings (SSSR count). The number of halogens is 2. The average molecular weight is 368 g/mol. The van der Waals surface area contributed by atoms with E-state index in [4.69, 9.17) is 4.74 Å². The minimum atomic E-state index is -0.717. The summed E-state index contributed by atoms with van der Waals surface area (Å²) in [6, 6.07) is 2.17. The molecule has 1 aliphatic rings. The monoisotopic (exact) mass is 368 g/mol. The van der Waals surface area contributed by atoms with Gasteiger partial charge in [-0.05, 0) is 51.7 Å². The zero-order valence-corrected chi connectivity index (χ0v) is 15.9. The third kappa shape index (κ3) is 4.71. The predicted molar refractivity (Wildman–Crippen MR) is 94.2 cm³/mol. The fourth-order valence-electron chi connectivity index (χ4n) is 3.03. The number of rotatable bonds is 2. The van der Waals surface area contributed by atoms with Crippen LogP contribution in [0, 0.1) is 11.6 Å². The van der Waals surface area contributed by atoms with Gasteiger partial charge in [-0.3, -0.25) is 4.79 Å². The lowest BCUT2D eigenvalue weighted by atomic mass is 9.88. The van der Waals surface area contributed by atoms with Gasteiger partial charge in [-0.25, -0.2) is 13.6 Å². The van der Waals surface area contributed by atoms with Crippen LogP contribution in [0.4, 0.5) is 13.6 Å². The highest BCUT2D eigenvalue weighted by atomic mass is 19.1. The molecule has 0 atom stereocenters. The van der Waals surface area contributed by atoms with E-state index in [1.54, 1.807) is 25.7 Å². The van der Waals surface area contributed by atoms with E-state index in [1.165, 1.54) is 19.0 Å². The number of ether oxygens (including phenoxy) is 1. The number of likely N-dealkylation sites (tertiary alicyclic amines) is 1. The number of hydrogen-bond acceptors (Lipinski definition) is 3. The molecule has 1 aromatic carbocycles. The smallest absolute Gasteiger partial charge is 0.410 e. The van der Waals surface area contributed by atoms with E-state index in [0.29, 0.717) is 25.9 Å². The Morgan fingerprint density at radius 3 is 2.04 bits per heavy atom. The molecule has 0 bridgehead atoms. The summed E-state index contributed by atoms with van der Waals surface area (Å²) in [6.45, 7) is 6.12. The Kier molecular flexibility index (Phi) is 5.88. The molecule has 1 fully saturated rings. The molecule has 1 aromatic rings. The van der Waals surface area contributed by atoms with E-state index in [1.807, 2.05) is 0 Å². The standard InChI is InChI=1S/C19H26F2N2O3/c1-19(2,3)26-18(25)23-8-6-12(7-9-23)16-14(20)10-13(11-15(16)21)17(24)22(4)5/h10-12H,6-9H2,1-5H3. The lowest BCUT2D eigenvalue weighted by Gasteiger charge is -2.33. The van der Waals surface area contributed by atoms with Crippen LogP contribution in [0.15, 0.2) is 12.1 Å². The summed E-state index contributed by atoms with van der Waals surface area (Å²) in [5.41, 5.74) is -0.606. The highest BCUT2D eigenvalue weighted by molar-refractivity contribution is 5.94. The lowest BCUT2D eigenvalue weighted by Crippen LogP contribution is -2.41. The van der Waals surface area contributed by atoms with Crippen molar-refractivity contribution in [1.29, 1.82) is 0 Å². The second-order valence-electron chi connectivity index (χ2n) is 7.79. The number of carbonyl (C=O) groups is 2. The third-order valence-electron chi connectivity index (χ3n) is 4.29. The quantitative estimate of drug-likeness (QED) is 0.798. The summed E-state index contributed by atoms with van der Waals surface area (Å²) in [7, 11) is 3.05. The van der Waals surface area contributed by atoms with Crippen molar-refractivity contribution in [3.63, 3.8) is 0 Å². The van der Waals surface area contributed by atoms with Gasteiger partial charge < -0.3 is 14.5 Å². The molecule has 7 heteroatoms. The Bertz CT molecular complexity index is 668. The van der Waals surface area contributed by atoms with Crippen LogP contribution in [-0.4, -0.2) is 54.6 Å². The van der Waals surface area contributed by atoms with Crippen molar-refractivity contribution >= 4 is 12.0 Å². The molecule has 0 aromatic heterocycles. The van der Waals surface area contributed by atoms with Gasteiger partial charge in [-0.2, -0.15) is 0 Å². The number of piperidine rings is 1. The second-order valence-corrected chi connectivity index (χ2v) is 7.79.